The van der Waals surface area contributed by atoms with E-state index in [2.05, 4.69) is 36.5 Å². The minimum atomic E-state index is 0.171. The highest BCUT2D eigenvalue weighted by molar-refractivity contribution is 5.75. The van der Waals surface area contributed by atoms with Gasteiger partial charge in [0.05, 0.1) is 0 Å². The summed E-state index contributed by atoms with van der Waals surface area (Å²) < 4.78 is 0. The van der Waals surface area contributed by atoms with Crippen LogP contribution >= 0.6 is 0 Å². The van der Waals surface area contributed by atoms with Crippen LogP contribution in [0, 0.1) is 0 Å². The molecule has 27 heavy (non-hydrogen) atoms. The summed E-state index contributed by atoms with van der Waals surface area (Å²) in [7, 11) is 0. The third-order valence-electron chi connectivity index (χ3n) is 4.69. The minimum Gasteiger partial charge on any atom is -0.352 e. The fourth-order valence-corrected chi connectivity index (χ4v) is 2.98. The van der Waals surface area contributed by atoms with Gasteiger partial charge in [0.1, 0.15) is 0 Å². The third-order valence-corrected chi connectivity index (χ3v) is 4.69. The minimum absolute atomic E-state index is 0.171. The molecule has 0 aliphatic carbocycles. The van der Waals surface area contributed by atoms with E-state index in [1.807, 2.05) is 30.3 Å². The average molecular weight is 370 g/mol. The van der Waals surface area contributed by atoms with Gasteiger partial charge in [0.15, 0.2) is 0 Å². The molecule has 1 rings (SSSR count). The lowest BCUT2D eigenvalue weighted by Crippen LogP contribution is -2.22. The molecule has 0 heterocycles. The highest BCUT2D eigenvalue weighted by Crippen LogP contribution is 2.08. The summed E-state index contributed by atoms with van der Waals surface area (Å²) in [6.45, 7) is 2.89. The second-order valence-corrected chi connectivity index (χ2v) is 7.24. The van der Waals surface area contributed by atoms with Crippen molar-refractivity contribution in [3.8, 4) is 0 Å². The summed E-state index contributed by atoms with van der Waals surface area (Å²) in [5, 5.41) is 2.99. The molecule has 150 valence electrons. The third kappa shape index (κ3) is 15.0. The molecule has 2 heteroatoms. The molecule has 1 amide bonds. The quantitative estimate of drug-likeness (QED) is 0.244. The SMILES string of the molecule is CCCCC/C=C/C/C=C/CCCCCCCC(=O)NCc1ccccc1. The first-order valence-corrected chi connectivity index (χ1v) is 10.9. The van der Waals surface area contributed by atoms with E-state index in [0.29, 0.717) is 13.0 Å². The molecule has 2 nitrogen and oxygen atoms in total. The van der Waals surface area contributed by atoms with Crippen molar-refractivity contribution in [2.75, 3.05) is 0 Å². The summed E-state index contributed by atoms with van der Waals surface area (Å²) in [4.78, 5) is 11.8. The Labute approximate surface area is 167 Å². The second kappa shape index (κ2) is 17.6. The maximum atomic E-state index is 11.8. The standard InChI is InChI=1S/C25H39NO/c1-2-3-4-5-6-7-8-9-10-11-12-13-14-15-19-22-25(27)26-23-24-20-17-16-18-21-24/h6-7,9-10,16-18,20-21H,2-5,8,11-15,19,22-23H2,1H3,(H,26,27)/b7-6+,10-9+. The van der Waals surface area contributed by atoms with Crippen LogP contribution in [0.3, 0.4) is 0 Å². The molecule has 0 aromatic heterocycles. The van der Waals surface area contributed by atoms with E-state index in [1.54, 1.807) is 0 Å². The summed E-state index contributed by atoms with van der Waals surface area (Å²) in [6.07, 6.45) is 23.2. The molecule has 0 spiro atoms. The van der Waals surface area contributed by atoms with Crippen LogP contribution in [-0.4, -0.2) is 5.91 Å². The van der Waals surface area contributed by atoms with Crippen LogP contribution in [0.4, 0.5) is 0 Å². The molecule has 1 N–H and O–H groups in total. The molecule has 0 saturated carbocycles. The molecule has 0 aliphatic rings. The summed E-state index contributed by atoms with van der Waals surface area (Å²) >= 11 is 0. The number of carbonyl (C=O) groups excluding carboxylic acids is 1. The first-order chi connectivity index (χ1) is 13.3. The smallest absolute Gasteiger partial charge is 0.220 e. The average Bonchev–Trinajstić information content (AvgIpc) is 2.70. The Kier molecular flexibility index (Phi) is 15.1. The largest absolute Gasteiger partial charge is 0.352 e. The van der Waals surface area contributed by atoms with Crippen molar-refractivity contribution in [1.29, 1.82) is 0 Å². The topological polar surface area (TPSA) is 29.1 Å². The number of amides is 1. The highest BCUT2D eigenvalue weighted by Gasteiger charge is 2.00. The Hall–Kier alpha value is -1.83. The van der Waals surface area contributed by atoms with E-state index in [0.717, 1.165) is 24.8 Å². The number of hydrogen-bond acceptors (Lipinski definition) is 1. The van der Waals surface area contributed by atoms with Crippen LogP contribution in [-0.2, 0) is 11.3 Å². The van der Waals surface area contributed by atoms with E-state index in [4.69, 9.17) is 0 Å². The van der Waals surface area contributed by atoms with E-state index in [1.165, 1.54) is 51.4 Å². The van der Waals surface area contributed by atoms with Gasteiger partial charge in [-0.05, 0) is 44.1 Å². The predicted octanol–water partition coefficient (Wildman–Crippen LogP) is 7.12. The molecule has 0 bridgehead atoms. The Bertz CT molecular complexity index is 518. The lowest BCUT2D eigenvalue weighted by Gasteiger charge is -2.05. The number of nitrogens with one attached hydrogen (secondary N) is 1. The highest BCUT2D eigenvalue weighted by atomic mass is 16.1. The van der Waals surface area contributed by atoms with E-state index in [9.17, 15) is 4.79 Å². The predicted molar refractivity (Wildman–Crippen MR) is 118 cm³/mol. The Balaban J connectivity index is 1.85. The van der Waals surface area contributed by atoms with Crippen molar-refractivity contribution >= 4 is 5.91 Å². The van der Waals surface area contributed by atoms with Gasteiger partial charge in [-0.1, -0.05) is 93.7 Å². The van der Waals surface area contributed by atoms with Gasteiger partial charge in [-0.15, -0.1) is 0 Å². The monoisotopic (exact) mass is 369 g/mol. The van der Waals surface area contributed by atoms with Crippen molar-refractivity contribution in [1.82, 2.24) is 5.32 Å². The lowest BCUT2D eigenvalue weighted by molar-refractivity contribution is -0.121. The Morgan fingerprint density at radius 3 is 2.15 bits per heavy atom. The van der Waals surface area contributed by atoms with Gasteiger partial charge in [0, 0.05) is 13.0 Å². The number of rotatable bonds is 16. The van der Waals surface area contributed by atoms with Crippen LogP contribution in [0.5, 0.6) is 0 Å². The van der Waals surface area contributed by atoms with Crippen molar-refractivity contribution < 1.29 is 4.79 Å². The Morgan fingerprint density at radius 1 is 0.815 bits per heavy atom. The van der Waals surface area contributed by atoms with E-state index >= 15 is 0 Å². The zero-order valence-corrected chi connectivity index (χ0v) is 17.3. The maximum absolute atomic E-state index is 11.8. The number of benzene rings is 1. The van der Waals surface area contributed by atoms with Gasteiger partial charge in [0.2, 0.25) is 5.91 Å². The zero-order chi connectivity index (χ0) is 19.4. The number of unbranched alkanes of at least 4 members (excludes halogenated alkanes) is 8. The molecule has 1 aromatic carbocycles. The first-order valence-electron chi connectivity index (χ1n) is 10.9. The second-order valence-electron chi connectivity index (χ2n) is 7.24. The molecular weight excluding hydrogens is 330 g/mol. The van der Waals surface area contributed by atoms with Gasteiger partial charge < -0.3 is 5.32 Å². The van der Waals surface area contributed by atoms with Crippen molar-refractivity contribution in [3.63, 3.8) is 0 Å². The van der Waals surface area contributed by atoms with Gasteiger partial charge >= 0.3 is 0 Å². The molecule has 0 saturated heterocycles. The van der Waals surface area contributed by atoms with Crippen LogP contribution < -0.4 is 5.32 Å². The van der Waals surface area contributed by atoms with E-state index in [-0.39, 0.29) is 5.91 Å². The first kappa shape index (κ1) is 23.2. The molecule has 1 aromatic rings. The van der Waals surface area contributed by atoms with Crippen molar-refractivity contribution in [3.05, 3.63) is 60.2 Å². The number of carbonyl (C=O) groups is 1. The van der Waals surface area contributed by atoms with Crippen LogP contribution in [0.1, 0.15) is 89.5 Å². The van der Waals surface area contributed by atoms with Crippen molar-refractivity contribution in [2.45, 2.75) is 90.5 Å². The van der Waals surface area contributed by atoms with E-state index < -0.39 is 0 Å². The maximum Gasteiger partial charge on any atom is 0.220 e. The van der Waals surface area contributed by atoms with Crippen LogP contribution in [0.15, 0.2) is 54.6 Å². The molecule has 0 aliphatic heterocycles. The lowest BCUT2D eigenvalue weighted by atomic mass is 10.1. The fourth-order valence-electron chi connectivity index (χ4n) is 2.98. The van der Waals surface area contributed by atoms with Gasteiger partial charge in [0.25, 0.3) is 0 Å². The fraction of sp³-hybridized carbons (Fsp3) is 0.560. The normalized spacial score (nSPS) is 11.4. The Morgan fingerprint density at radius 2 is 1.44 bits per heavy atom. The summed E-state index contributed by atoms with van der Waals surface area (Å²) in [5.41, 5.74) is 1.16. The van der Waals surface area contributed by atoms with Gasteiger partial charge in [-0.25, -0.2) is 0 Å². The number of allylic oxidation sites excluding steroid dienone is 4. The molecule has 0 atom stereocenters. The zero-order valence-electron chi connectivity index (χ0n) is 17.3. The molecule has 0 radical (unpaired) electrons. The number of hydrogen-bond donors (Lipinski definition) is 1. The van der Waals surface area contributed by atoms with Gasteiger partial charge in [-0.2, -0.15) is 0 Å². The van der Waals surface area contributed by atoms with Crippen molar-refractivity contribution in [2.24, 2.45) is 0 Å². The van der Waals surface area contributed by atoms with Crippen LogP contribution in [0.25, 0.3) is 0 Å². The summed E-state index contributed by atoms with van der Waals surface area (Å²) in [6, 6.07) is 10.1. The van der Waals surface area contributed by atoms with Crippen LogP contribution in [0.2, 0.25) is 0 Å². The molecular formula is C25H39NO. The molecule has 0 unspecified atom stereocenters. The van der Waals surface area contributed by atoms with Gasteiger partial charge in [-0.3, -0.25) is 4.79 Å². The molecule has 0 fully saturated rings. The summed E-state index contributed by atoms with van der Waals surface area (Å²) in [5.74, 6) is 0.171.